The first-order chi connectivity index (χ1) is 11.9. The van der Waals surface area contributed by atoms with Crippen LogP contribution in [-0.2, 0) is 19.6 Å². The number of nitrogens with zero attached hydrogens (tertiary/aromatic N) is 4. The minimum Gasteiger partial charge on any atom is -0.492 e. The van der Waals surface area contributed by atoms with E-state index in [0.717, 1.165) is 31.8 Å². The van der Waals surface area contributed by atoms with Gasteiger partial charge in [0.05, 0.1) is 18.2 Å². The van der Waals surface area contributed by atoms with E-state index in [0.29, 0.717) is 12.6 Å². The number of benzene rings is 1. The zero-order valence-corrected chi connectivity index (χ0v) is 13.5. The van der Waals surface area contributed by atoms with Gasteiger partial charge < -0.3 is 9.30 Å². The van der Waals surface area contributed by atoms with Gasteiger partial charge in [-0.05, 0) is 18.6 Å². The van der Waals surface area contributed by atoms with Crippen LogP contribution in [0.3, 0.4) is 0 Å². The summed E-state index contributed by atoms with van der Waals surface area (Å²) in [6.07, 6.45) is 8.76. The van der Waals surface area contributed by atoms with Gasteiger partial charge in [-0.15, -0.1) is 0 Å². The van der Waals surface area contributed by atoms with E-state index >= 15 is 0 Å². The number of aryl methyl sites for hydroxylation is 1. The van der Waals surface area contributed by atoms with Gasteiger partial charge in [-0.25, -0.2) is 4.98 Å². The van der Waals surface area contributed by atoms with E-state index in [4.69, 9.17) is 4.74 Å². The zero-order chi connectivity index (χ0) is 16.2. The normalized spacial score (nSPS) is 18.1. The van der Waals surface area contributed by atoms with E-state index in [1.807, 2.05) is 55.2 Å². The van der Waals surface area contributed by atoms with Gasteiger partial charge in [0.15, 0.2) is 0 Å². The van der Waals surface area contributed by atoms with E-state index in [-0.39, 0.29) is 0 Å². The molecule has 0 spiro atoms. The van der Waals surface area contributed by atoms with E-state index in [2.05, 4.69) is 24.6 Å². The Labute approximate surface area is 141 Å². The number of hydrogen-bond acceptors (Lipinski definition) is 4. The van der Waals surface area contributed by atoms with Crippen LogP contribution in [0.1, 0.15) is 17.7 Å². The van der Waals surface area contributed by atoms with Crippen LogP contribution < -0.4 is 4.74 Å². The first-order valence-corrected chi connectivity index (χ1v) is 8.27. The number of nitrogens with one attached hydrogen (secondary N) is 1. The van der Waals surface area contributed by atoms with Gasteiger partial charge in [0, 0.05) is 43.6 Å². The third kappa shape index (κ3) is 3.33. The van der Waals surface area contributed by atoms with Crippen LogP contribution in [0.25, 0.3) is 0 Å². The smallest absolute Gasteiger partial charge is 0.119 e. The predicted octanol–water partition coefficient (Wildman–Crippen LogP) is 2.46. The first-order valence-electron chi connectivity index (χ1n) is 8.27. The molecule has 1 aromatic carbocycles. The summed E-state index contributed by atoms with van der Waals surface area (Å²) in [5, 5.41) is 6.96. The number of fused-ring (bicyclic) bond motifs is 1. The standard InChI is InChI=1S/C18H21N5O/c1-2-4-18(5-3-1)24-13-16-6-7-22-14-19-10-17(22)12-23(16)11-15-8-20-21-9-15/h1-5,8-10,14,16H,6-7,11-13H2,(H,20,21). The van der Waals surface area contributed by atoms with E-state index < -0.39 is 0 Å². The maximum atomic E-state index is 6.04. The van der Waals surface area contributed by atoms with Crippen molar-refractivity contribution in [3.8, 4) is 5.75 Å². The fourth-order valence-electron chi connectivity index (χ4n) is 3.17. The van der Waals surface area contributed by atoms with Crippen molar-refractivity contribution in [3.63, 3.8) is 0 Å². The maximum Gasteiger partial charge on any atom is 0.119 e. The molecule has 1 unspecified atom stereocenters. The summed E-state index contributed by atoms with van der Waals surface area (Å²) in [6, 6.07) is 10.4. The zero-order valence-electron chi connectivity index (χ0n) is 13.5. The molecule has 0 radical (unpaired) electrons. The van der Waals surface area contributed by atoms with Crippen molar-refractivity contribution in [2.24, 2.45) is 0 Å². The lowest BCUT2D eigenvalue weighted by Gasteiger charge is -2.29. The Morgan fingerprint density at radius 2 is 2.12 bits per heavy atom. The number of para-hydroxylation sites is 1. The summed E-state index contributed by atoms with van der Waals surface area (Å²) >= 11 is 0. The van der Waals surface area contributed by atoms with Gasteiger partial charge >= 0.3 is 0 Å². The number of H-pyrrole nitrogens is 1. The molecule has 1 N–H and O–H groups in total. The van der Waals surface area contributed by atoms with E-state index in [1.54, 1.807) is 0 Å². The van der Waals surface area contributed by atoms with Crippen LogP contribution in [0, 0.1) is 0 Å². The van der Waals surface area contributed by atoms with Crippen molar-refractivity contribution in [2.45, 2.75) is 32.1 Å². The summed E-state index contributed by atoms with van der Waals surface area (Å²) in [4.78, 5) is 6.73. The van der Waals surface area contributed by atoms with Crippen molar-refractivity contribution in [1.82, 2.24) is 24.6 Å². The molecule has 4 rings (SSSR count). The number of aromatic nitrogens is 4. The second kappa shape index (κ2) is 6.88. The van der Waals surface area contributed by atoms with Crippen LogP contribution in [-0.4, -0.2) is 37.3 Å². The third-order valence-electron chi connectivity index (χ3n) is 4.51. The minimum atomic E-state index is 0.347. The highest BCUT2D eigenvalue weighted by molar-refractivity contribution is 5.21. The van der Waals surface area contributed by atoms with Crippen molar-refractivity contribution in [2.75, 3.05) is 6.61 Å². The summed E-state index contributed by atoms with van der Waals surface area (Å²) in [5.41, 5.74) is 2.44. The molecule has 1 aliphatic rings. The Balaban J connectivity index is 1.50. The molecule has 6 nitrogen and oxygen atoms in total. The summed E-state index contributed by atoms with van der Waals surface area (Å²) in [5.74, 6) is 0.922. The van der Waals surface area contributed by atoms with Crippen LogP contribution in [0.4, 0.5) is 0 Å². The van der Waals surface area contributed by atoms with E-state index in [1.165, 1.54) is 11.3 Å². The predicted molar refractivity (Wildman–Crippen MR) is 90.4 cm³/mol. The Kier molecular flexibility index (Phi) is 4.29. The summed E-state index contributed by atoms with van der Waals surface area (Å²) < 4.78 is 8.28. The van der Waals surface area contributed by atoms with Crippen LogP contribution in [0.2, 0.25) is 0 Å². The highest BCUT2D eigenvalue weighted by Gasteiger charge is 2.25. The maximum absolute atomic E-state index is 6.04. The van der Waals surface area contributed by atoms with Crippen molar-refractivity contribution in [3.05, 3.63) is 66.5 Å². The van der Waals surface area contributed by atoms with Crippen molar-refractivity contribution >= 4 is 0 Å². The highest BCUT2D eigenvalue weighted by atomic mass is 16.5. The largest absolute Gasteiger partial charge is 0.492 e. The Morgan fingerprint density at radius 3 is 2.96 bits per heavy atom. The molecule has 3 aromatic rings. The van der Waals surface area contributed by atoms with Gasteiger partial charge in [0.1, 0.15) is 12.4 Å². The SMILES string of the molecule is c1ccc(OCC2CCn3cncc3CN2Cc2cn[nH]c2)cc1. The number of rotatable bonds is 5. The second-order valence-corrected chi connectivity index (χ2v) is 6.16. The lowest BCUT2D eigenvalue weighted by Crippen LogP contribution is -2.37. The molecule has 0 fully saturated rings. The number of imidazole rings is 1. The average Bonchev–Trinajstić information content (AvgIpc) is 3.25. The summed E-state index contributed by atoms with van der Waals surface area (Å²) in [7, 11) is 0. The minimum absolute atomic E-state index is 0.347. The molecule has 124 valence electrons. The second-order valence-electron chi connectivity index (χ2n) is 6.16. The van der Waals surface area contributed by atoms with Crippen LogP contribution in [0.15, 0.2) is 55.2 Å². The van der Waals surface area contributed by atoms with Gasteiger partial charge in [-0.3, -0.25) is 10.00 Å². The summed E-state index contributed by atoms with van der Waals surface area (Å²) in [6.45, 7) is 3.37. The fourth-order valence-corrected chi connectivity index (χ4v) is 3.17. The Hall–Kier alpha value is -2.60. The lowest BCUT2D eigenvalue weighted by atomic mass is 10.1. The molecule has 0 aliphatic carbocycles. The van der Waals surface area contributed by atoms with Crippen LogP contribution >= 0.6 is 0 Å². The van der Waals surface area contributed by atoms with Gasteiger partial charge in [-0.2, -0.15) is 5.10 Å². The first kappa shape index (κ1) is 15.0. The molecular weight excluding hydrogens is 302 g/mol. The molecule has 2 aromatic heterocycles. The Bertz CT molecular complexity index is 753. The van der Waals surface area contributed by atoms with Crippen LogP contribution in [0.5, 0.6) is 5.75 Å². The molecule has 3 heterocycles. The lowest BCUT2D eigenvalue weighted by molar-refractivity contribution is 0.118. The van der Waals surface area contributed by atoms with Gasteiger partial charge in [0.2, 0.25) is 0 Å². The molecule has 24 heavy (non-hydrogen) atoms. The molecule has 0 bridgehead atoms. The van der Waals surface area contributed by atoms with Gasteiger partial charge in [-0.1, -0.05) is 18.2 Å². The molecule has 1 aliphatic heterocycles. The van der Waals surface area contributed by atoms with Crippen molar-refractivity contribution < 1.29 is 4.74 Å². The molecule has 0 saturated heterocycles. The topological polar surface area (TPSA) is 59.0 Å². The number of aromatic amines is 1. The third-order valence-corrected chi connectivity index (χ3v) is 4.51. The molecule has 6 heteroatoms. The quantitative estimate of drug-likeness (QED) is 0.783. The number of ether oxygens (including phenoxy) is 1. The molecular formula is C18H21N5O. The van der Waals surface area contributed by atoms with Crippen molar-refractivity contribution in [1.29, 1.82) is 0 Å². The number of hydrogen-bond donors (Lipinski definition) is 1. The molecule has 1 atom stereocenters. The monoisotopic (exact) mass is 323 g/mol. The highest BCUT2D eigenvalue weighted by Crippen LogP contribution is 2.21. The fraction of sp³-hybridized carbons (Fsp3) is 0.333. The van der Waals surface area contributed by atoms with E-state index in [9.17, 15) is 0 Å². The Morgan fingerprint density at radius 1 is 1.21 bits per heavy atom. The molecule has 0 saturated carbocycles. The van der Waals surface area contributed by atoms with Gasteiger partial charge in [0.25, 0.3) is 0 Å². The average molecular weight is 323 g/mol. The molecule has 0 amide bonds.